The van der Waals surface area contributed by atoms with E-state index in [1.165, 1.54) is 7.11 Å². The number of carbonyl (C=O) groups excluding carboxylic acids is 1. The average molecular weight is 263 g/mol. The highest BCUT2D eigenvalue weighted by atomic mass is 16.5. The highest BCUT2D eigenvalue weighted by Gasteiger charge is 2.30. The number of aliphatic carboxylic acids is 1. The van der Waals surface area contributed by atoms with Crippen LogP contribution in [0.15, 0.2) is 24.3 Å². The summed E-state index contributed by atoms with van der Waals surface area (Å²) in [5, 5.41) is 9.11. The van der Waals surface area contributed by atoms with Crippen molar-refractivity contribution in [1.82, 2.24) is 4.90 Å². The molecule has 1 aromatic rings. The number of esters is 1. The van der Waals surface area contributed by atoms with Crippen molar-refractivity contribution in [2.24, 2.45) is 0 Å². The van der Waals surface area contributed by atoms with E-state index in [1.807, 2.05) is 17.0 Å². The van der Waals surface area contributed by atoms with E-state index in [2.05, 4.69) is 4.74 Å². The smallest absolute Gasteiger partial charge is 0.337 e. The zero-order valence-electron chi connectivity index (χ0n) is 10.8. The standard InChI is InChI=1S/C14H17NO4/c1-19-14(18)11-6-4-10(5-7-11)9-15-8-2-3-12(15)13(16)17/h4-7,12H,2-3,8-9H2,1H3,(H,16,17)/t12-/m1/s1. The Hall–Kier alpha value is -1.88. The number of methoxy groups -OCH3 is 1. The fourth-order valence-electron chi connectivity index (χ4n) is 2.39. The first-order chi connectivity index (χ1) is 9.11. The van der Waals surface area contributed by atoms with Gasteiger partial charge in [-0.1, -0.05) is 12.1 Å². The zero-order chi connectivity index (χ0) is 13.8. The molecule has 102 valence electrons. The van der Waals surface area contributed by atoms with Gasteiger partial charge in [0.25, 0.3) is 0 Å². The maximum absolute atomic E-state index is 11.3. The van der Waals surface area contributed by atoms with E-state index in [-0.39, 0.29) is 12.0 Å². The Morgan fingerprint density at radius 3 is 2.63 bits per heavy atom. The Bertz CT molecular complexity index is 469. The molecule has 0 saturated carbocycles. The predicted octanol–water partition coefficient (Wildman–Crippen LogP) is 1.52. The van der Waals surface area contributed by atoms with Crippen LogP contribution in [0, 0.1) is 0 Å². The van der Waals surface area contributed by atoms with Crippen LogP contribution >= 0.6 is 0 Å². The summed E-state index contributed by atoms with van der Waals surface area (Å²) in [6.45, 7) is 1.40. The van der Waals surface area contributed by atoms with Crippen LogP contribution in [0.1, 0.15) is 28.8 Å². The molecule has 1 aromatic carbocycles. The van der Waals surface area contributed by atoms with Crippen LogP contribution in [0.3, 0.4) is 0 Å². The molecule has 1 N–H and O–H groups in total. The third-order valence-corrected chi connectivity index (χ3v) is 3.41. The maximum Gasteiger partial charge on any atom is 0.337 e. The Balaban J connectivity index is 2.03. The summed E-state index contributed by atoms with van der Waals surface area (Å²) in [4.78, 5) is 24.3. The molecule has 5 nitrogen and oxygen atoms in total. The third-order valence-electron chi connectivity index (χ3n) is 3.41. The van der Waals surface area contributed by atoms with E-state index in [9.17, 15) is 9.59 Å². The molecule has 1 aliphatic heterocycles. The minimum atomic E-state index is -0.760. The molecular weight excluding hydrogens is 246 g/mol. The van der Waals surface area contributed by atoms with Crippen LogP contribution in [-0.4, -0.2) is 41.6 Å². The van der Waals surface area contributed by atoms with Crippen molar-refractivity contribution in [3.05, 3.63) is 35.4 Å². The molecule has 0 amide bonds. The number of benzene rings is 1. The molecule has 19 heavy (non-hydrogen) atoms. The second-order valence-corrected chi connectivity index (χ2v) is 4.66. The Labute approximate surface area is 111 Å². The first-order valence-corrected chi connectivity index (χ1v) is 6.26. The molecule has 0 radical (unpaired) electrons. The Morgan fingerprint density at radius 2 is 2.05 bits per heavy atom. The van der Waals surface area contributed by atoms with Crippen LogP contribution in [-0.2, 0) is 16.1 Å². The summed E-state index contributed by atoms with van der Waals surface area (Å²) in [5.74, 6) is -1.13. The number of carboxylic acids is 1. The second-order valence-electron chi connectivity index (χ2n) is 4.66. The quantitative estimate of drug-likeness (QED) is 0.834. The molecular formula is C14H17NO4. The van der Waals surface area contributed by atoms with Crippen LogP contribution < -0.4 is 0 Å². The highest BCUT2D eigenvalue weighted by molar-refractivity contribution is 5.89. The van der Waals surface area contributed by atoms with Gasteiger partial charge in [0.2, 0.25) is 0 Å². The SMILES string of the molecule is COC(=O)c1ccc(CN2CCC[C@@H]2C(=O)O)cc1. The van der Waals surface area contributed by atoms with Gasteiger partial charge in [-0.05, 0) is 37.1 Å². The molecule has 0 aromatic heterocycles. The average Bonchev–Trinajstić information content (AvgIpc) is 2.87. The molecule has 1 heterocycles. The van der Waals surface area contributed by atoms with E-state index in [4.69, 9.17) is 5.11 Å². The minimum absolute atomic E-state index is 0.365. The first kappa shape index (κ1) is 13.5. The van der Waals surface area contributed by atoms with Gasteiger partial charge in [-0.25, -0.2) is 4.79 Å². The molecule has 0 aliphatic carbocycles. The summed E-state index contributed by atoms with van der Waals surface area (Å²) >= 11 is 0. The lowest BCUT2D eigenvalue weighted by Gasteiger charge is -2.20. The van der Waals surface area contributed by atoms with Crippen molar-refractivity contribution in [1.29, 1.82) is 0 Å². The number of likely N-dealkylation sites (tertiary alicyclic amines) is 1. The van der Waals surface area contributed by atoms with Crippen molar-refractivity contribution >= 4 is 11.9 Å². The predicted molar refractivity (Wildman–Crippen MR) is 68.8 cm³/mol. The lowest BCUT2D eigenvalue weighted by atomic mass is 10.1. The summed E-state index contributed by atoms with van der Waals surface area (Å²) in [5.41, 5.74) is 1.50. The number of hydrogen-bond donors (Lipinski definition) is 1. The molecule has 5 heteroatoms. The van der Waals surface area contributed by atoms with Crippen molar-refractivity contribution in [3.8, 4) is 0 Å². The van der Waals surface area contributed by atoms with Crippen molar-refractivity contribution in [3.63, 3.8) is 0 Å². The molecule has 0 unspecified atom stereocenters. The summed E-state index contributed by atoms with van der Waals surface area (Å²) in [6.07, 6.45) is 1.62. The van der Waals surface area contributed by atoms with E-state index >= 15 is 0 Å². The van der Waals surface area contributed by atoms with E-state index in [0.29, 0.717) is 18.5 Å². The van der Waals surface area contributed by atoms with Gasteiger partial charge in [0, 0.05) is 6.54 Å². The number of ether oxygens (including phenoxy) is 1. The van der Waals surface area contributed by atoms with Crippen LogP contribution in [0.5, 0.6) is 0 Å². The monoisotopic (exact) mass is 263 g/mol. The van der Waals surface area contributed by atoms with Crippen molar-refractivity contribution in [2.75, 3.05) is 13.7 Å². The summed E-state index contributed by atoms with van der Waals surface area (Å²) in [7, 11) is 1.35. The normalized spacial score (nSPS) is 19.3. The van der Waals surface area contributed by atoms with Gasteiger partial charge >= 0.3 is 11.9 Å². The van der Waals surface area contributed by atoms with E-state index < -0.39 is 5.97 Å². The number of nitrogens with zero attached hydrogens (tertiary/aromatic N) is 1. The fraction of sp³-hybridized carbons (Fsp3) is 0.429. The molecule has 2 rings (SSSR count). The topological polar surface area (TPSA) is 66.8 Å². The van der Waals surface area contributed by atoms with E-state index in [1.54, 1.807) is 12.1 Å². The Morgan fingerprint density at radius 1 is 1.37 bits per heavy atom. The summed E-state index contributed by atoms with van der Waals surface area (Å²) in [6, 6.07) is 6.69. The first-order valence-electron chi connectivity index (χ1n) is 6.26. The van der Waals surface area contributed by atoms with Gasteiger partial charge in [0.1, 0.15) is 6.04 Å². The maximum atomic E-state index is 11.3. The van der Waals surface area contributed by atoms with Gasteiger partial charge in [-0.2, -0.15) is 0 Å². The summed E-state index contributed by atoms with van der Waals surface area (Å²) < 4.78 is 4.63. The van der Waals surface area contributed by atoms with Gasteiger partial charge in [-0.15, -0.1) is 0 Å². The third kappa shape index (κ3) is 3.12. The lowest BCUT2D eigenvalue weighted by Crippen LogP contribution is -2.35. The zero-order valence-corrected chi connectivity index (χ0v) is 10.8. The molecule has 1 atom stereocenters. The van der Waals surface area contributed by atoms with Crippen LogP contribution in [0.2, 0.25) is 0 Å². The molecule has 1 saturated heterocycles. The van der Waals surface area contributed by atoms with Gasteiger partial charge < -0.3 is 9.84 Å². The Kier molecular flexibility index (Phi) is 4.16. The molecule has 0 bridgehead atoms. The second kappa shape index (κ2) is 5.84. The van der Waals surface area contributed by atoms with Crippen LogP contribution in [0.4, 0.5) is 0 Å². The van der Waals surface area contributed by atoms with Crippen LogP contribution in [0.25, 0.3) is 0 Å². The number of rotatable bonds is 4. The van der Waals surface area contributed by atoms with Crippen molar-refractivity contribution in [2.45, 2.75) is 25.4 Å². The number of carboxylic acid groups (broad SMARTS) is 1. The fourth-order valence-corrected chi connectivity index (χ4v) is 2.39. The van der Waals surface area contributed by atoms with Gasteiger partial charge in [0.05, 0.1) is 12.7 Å². The largest absolute Gasteiger partial charge is 0.480 e. The van der Waals surface area contributed by atoms with Crippen molar-refractivity contribution < 1.29 is 19.4 Å². The number of carbonyl (C=O) groups is 2. The molecule has 1 fully saturated rings. The number of hydrogen-bond acceptors (Lipinski definition) is 4. The molecule has 1 aliphatic rings. The lowest BCUT2D eigenvalue weighted by molar-refractivity contribution is -0.142. The highest BCUT2D eigenvalue weighted by Crippen LogP contribution is 2.20. The minimum Gasteiger partial charge on any atom is -0.480 e. The van der Waals surface area contributed by atoms with Gasteiger partial charge in [-0.3, -0.25) is 9.69 Å². The van der Waals surface area contributed by atoms with Gasteiger partial charge in [0.15, 0.2) is 0 Å². The molecule has 0 spiro atoms. The van der Waals surface area contributed by atoms with E-state index in [0.717, 1.165) is 18.5 Å².